The van der Waals surface area contributed by atoms with Crippen molar-refractivity contribution in [2.75, 3.05) is 23.9 Å². The van der Waals surface area contributed by atoms with Crippen LogP contribution in [-0.4, -0.2) is 25.5 Å². The minimum atomic E-state index is -0.362. The van der Waals surface area contributed by atoms with E-state index in [9.17, 15) is 14.0 Å². The van der Waals surface area contributed by atoms with Crippen molar-refractivity contribution in [1.29, 1.82) is 0 Å². The molecule has 0 radical (unpaired) electrons. The van der Waals surface area contributed by atoms with Crippen molar-refractivity contribution in [3.05, 3.63) is 58.7 Å². The van der Waals surface area contributed by atoms with Gasteiger partial charge in [-0.05, 0) is 42.8 Å². The van der Waals surface area contributed by atoms with E-state index >= 15 is 0 Å². The molecule has 0 unspecified atom stereocenters. The largest absolute Gasteiger partial charge is 0.380 e. The van der Waals surface area contributed by atoms with Crippen LogP contribution in [0.1, 0.15) is 28.1 Å². The summed E-state index contributed by atoms with van der Waals surface area (Å²) in [6.45, 7) is 0.873. The first-order chi connectivity index (χ1) is 13.6. The first-order valence-electron chi connectivity index (χ1n) is 8.99. The maximum Gasteiger partial charge on any atom is 0.266 e. The average molecular weight is 398 g/mol. The van der Waals surface area contributed by atoms with Crippen molar-refractivity contribution >= 4 is 44.6 Å². The van der Waals surface area contributed by atoms with Crippen LogP contribution in [0.25, 0.3) is 10.1 Å². The highest BCUT2D eigenvalue weighted by molar-refractivity contribution is 7.21. The lowest BCUT2D eigenvalue weighted by Gasteiger charge is -2.16. The zero-order chi connectivity index (χ0) is 19.7. The Bertz CT molecular complexity index is 1050. The van der Waals surface area contributed by atoms with E-state index < -0.39 is 0 Å². The molecule has 2 aromatic carbocycles. The summed E-state index contributed by atoms with van der Waals surface area (Å²) in [5.41, 5.74) is 1.99. The Balaban J connectivity index is 1.59. The highest BCUT2D eigenvalue weighted by Crippen LogP contribution is 2.34. The molecule has 1 aliphatic heterocycles. The molecule has 5 nitrogen and oxygen atoms in total. The number of fused-ring (bicyclic) bond motifs is 1. The van der Waals surface area contributed by atoms with E-state index in [4.69, 9.17) is 4.74 Å². The summed E-state index contributed by atoms with van der Waals surface area (Å²) in [5, 5.41) is 3.29. The molecular weight excluding hydrogens is 379 g/mol. The van der Waals surface area contributed by atoms with Gasteiger partial charge < -0.3 is 15.0 Å². The van der Waals surface area contributed by atoms with Crippen LogP contribution in [-0.2, 0) is 16.1 Å². The standard InChI is InChI=1S/C21H19FN2O3S/c1-27-12-15-19-16(22)4-2-5-17(19)28-20(15)21(26)23-13-7-9-14(10-8-13)24-11-3-6-18(24)25/h2,4-5,7-10H,3,6,11-12H2,1H3,(H,23,26). The molecule has 1 fully saturated rings. The molecule has 28 heavy (non-hydrogen) atoms. The number of methoxy groups -OCH3 is 1. The van der Waals surface area contributed by atoms with Gasteiger partial charge in [-0.25, -0.2) is 4.39 Å². The fourth-order valence-corrected chi connectivity index (χ4v) is 4.58. The first kappa shape index (κ1) is 18.6. The van der Waals surface area contributed by atoms with Crippen molar-refractivity contribution in [2.24, 2.45) is 0 Å². The quantitative estimate of drug-likeness (QED) is 0.685. The molecule has 1 aromatic heterocycles. The summed E-state index contributed by atoms with van der Waals surface area (Å²) in [6.07, 6.45) is 1.44. The Morgan fingerprint density at radius 3 is 2.71 bits per heavy atom. The molecule has 0 spiro atoms. The second-order valence-electron chi connectivity index (χ2n) is 6.61. The molecule has 0 aliphatic carbocycles. The van der Waals surface area contributed by atoms with Crippen LogP contribution < -0.4 is 10.2 Å². The normalized spacial score (nSPS) is 14.1. The number of benzene rings is 2. The molecule has 144 valence electrons. The summed E-state index contributed by atoms with van der Waals surface area (Å²) in [7, 11) is 1.52. The van der Waals surface area contributed by atoms with Crippen LogP contribution in [0.15, 0.2) is 42.5 Å². The molecule has 2 heterocycles. The van der Waals surface area contributed by atoms with Crippen LogP contribution in [0.2, 0.25) is 0 Å². The summed E-state index contributed by atoms with van der Waals surface area (Å²) in [5.74, 6) is -0.551. The third-order valence-electron chi connectivity index (χ3n) is 4.77. The van der Waals surface area contributed by atoms with Crippen LogP contribution in [0, 0.1) is 5.82 Å². The second-order valence-corrected chi connectivity index (χ2v) is 7.66. The van der Waals surface area contributed by atoms with Crippen LogP contribution in [0.3, 0.4) is 0 Å². The van der Waals surface area contributed by atoms with Gasteiger partial charge in [0, 0.05) is 47.1 Å². The number of thiophene rings is 1. The lowest BCUT2D eigenvalue weighted by molar-refractivity contribution is -0.117. The van der Waals surface area contributed by atoms with Gasteiger partial charge in [0.05, 0.1) is 11.5 Å². The Hall–Kier alpha value is -2.77. The zero-order valence-electron chi connectivity index (χ0n) is 15.3. The van der Waals surface area contributed by atoms with Gasteiger partial charge in [0.25, 0.3) is 5.91 Å². The summed E-state index contributed by atoms with van der Waals surface area (Å²) < 4.78 is 20.2. The molecule has 7 heteroatoms. The van der Waals surface area contributed by atoms with E-state index in [0.29, 0.717) is 32.6 Å². The van der Waals surface area contributed by atoms with E-state index in [1.807, 2.05) is 12.1 Å². The van der Waals surface area contributed by atoms with Gasteiger partial charge in [-0.2, -0.15) is 0 Å². The topological polar surface area (TPSA) is 58.6 Å². The highest BCUT2D eigenvalue weighted by Gasteiger charge is 2.23. The number of halogens is 1. The molecular formula is C21H19FN2O3S. The van der Waals surface area contributed by atoms with Gasteiger partial charge in [-0.3, -0.25) is 9.59 Å². The Labute approximate surface area is 165 Å². The number of amides is 2. The minimum Gasteiger partial charge on any atom is -0.380 e. The van der Waals surface area contributed by atoms with E-state index in [-0.39, 0.29) is 24.2 Å². The van der Waals surface area contributed by atoms with Gasteiger partial charge >= 0.3 is 0 Å². The summed E-state index contributed by atoms with van der Waals surface area (Å²) >= 11 is 1.24. The van der Waals surface area contributed by atoms with Crippen molar-refractivity contribution < 1.29 is 18.7 Å². The van der Waals surface area contributed by atoms with Gasteiger partial charge in [0.15, 0.2) is 0 Å². The van der Waals surface area contributed by atoms with E-state index in [1.165, 1.54) is 24.5 Å². The average Bonchev–Trinajstić information content (AvgIpc) is 3.27. The Kier molecular flexibility index (Phi) is 5.11. The molecule has 1 saturated heterocycles. The van der Waals surface area contributed by atoms with Crippen LogP contribution in [0.5, 0.6) is 0 Å². The Morgan fingerprint density at radius 1 is 1.25 bits per heavy atom. The van der Waals surface area contributed by atoms with Crippen molar-refractivity contribution in [3.8, 4) is 0 Å². The predicted molar refractivity (Wildman–Crippen MR) is 108 cm³/mol. The molecule has 0 atom stereocenters. The van der Waals surface area contributed by atoms with Crippen LogP contribution in [0.4, 0.5) is 15.8 Å². The number of hydrogen-bond donors (Lipinski definition) is 1. The lowest BCUT2D eigenvalue weighted by Crippen LogP contribution is -2.23. The molecule has 0 bridgehead atoms. The van der Waals surface area contributed by atoms with Crippen molar-refractivity contribution in [1.82, 2.24) is 0 Å². The fourth-order valence-electron chi connectivity index (χ4n) is 3.47. The minimum absolute atomic E-state index is 0.119. The third-order valence-corrected chi connectivity index (χ3v) is 5.96. The fraction of sp³-hybridized carbons (Fsp3) is 0.238. The monoisotopic (exact) mass is 398 g/mol. The SMILES string of the molecule is COCc1c(C(=O)Nc2ccc(N3CCCC3=O)cc2)sc2cccc(F)c12. The maximum absolute atomic E-state index is 14.3. The third kappa shape index (κ3) is 3.39. The van der Waals surface area contributed by atoms with Crippen molar-refractivity contribution in [3.63, 3.8) is 0 Å². The number of rotatable bonds is 5. The second kappa shape index (κ2) is 7.69. The molecule has 3 aromatic rings. The predicted octanol–water partition coefficient (Wildman–Crippen LogP) is 4.57. The maximum atomic E-state index is 14.3. The number of carbonyl (C=O) groups is 2. The number of nitrogens with zero attached hydrogens (tertiary/aromatic N) is 1. The summed E-state index contributed by atoms with van der Waals surface area (Å²) in [4.78, 5) is 26.9. The van der Waals surface area contributed by atoms with E-state index in [2.05, 4.69) is 5.32 Å². The smallest absolute Gasteiger partial charge is 0.266 e. The first-order valence-corrected chi connectivity index (χ1v) is 9.80. The lowest BCUT2D eigenvalue weighted by atomic mass is 10.1. The van der Waals surface area contributed by atoms with Crippen LogP contribution >= 0.6 is 11.3 Å². The molecule has 4 rings (SSSR count). The number of carbonyl (C=O) groups excluding carboxylic acids is 2. The van der Waals surface area contributed by atoms with Crippen molar-refractivity contribution in [2.45, 2.75) is 19.4 Å². The number of anilines is 2. The van der Waals surface area contributed by atoms with Gasteiger partial charge in [-0.1, -0.05) is 6.07 Å². The van der Waals surface area contributed by atoms with Gasteiger partial charge in [0.2, 0.25) is 5.91 Å². The highest BCUT2D eigenvalue weighted by atomic mass is 32.1. The van der Waals surface area contributed by atoms with E-state index in [1.54, 1.807) is 29.2 Å². The molecule has 0 saturated carbocycles. The molecule has 1 N–H and O–H groups in total. The number of hydrogen-bond acceptors (Lipinski definition) is 4. The number of ether oxygens (including phenoxy) is 1. The zero-order valence-corrected chi connectivity index (χ0v) is 16.1. The number of nitrogens with one attached hydrogen (secondary N) is 1. The molecule has 1 aliphatic rings. The van der Waals surface area contributed by atoms with E-state index in [0.717, 1.165) is 18.7 Å². The summed E-state index contributed by atoms with van der Waals surface area (Å²) in [6, 6.07) is 12.0. The Morgan fingerprint density at radius 2 is 2.04 bits per heavy atom. The van der Waals surface area contributed by atoms with Gasteiger partial charge in [-0.15, -0.1) is 11.3 Å². The van der Waals surface area contributed by atoms with Gasteiger partial charge in [0.1, 0.15) is 5.82 Å². The molecule has 2 amide bonds.